The van der Waals surface area contributed by atoms with Crippen molar-refractivity contribution in [1.82, 2.24) is 25.0 Å². The first-order chi connectivity index (χ1) is 13.4. The molecule has 0 spiro atoms. The van der Waals surface area contributed by atoms with Gasteiger partial charge in [0, 0.05) is 43.6 Å². The Morgan fingerprint density at radius 3 is 2.68 bits per heavy atom. The maximum Gasteiger partial charge on any atom is 0.261 e. The third-order valence-corrected chi connectivity index (χ3v) is 5.45. The van der Waals surface area contributed by atoms with Crippen molar-refractivity contribution in [2.24, 2.45) is 13.0 Å². The van der Waals surface area contributed by atoms with Gasteiger partial charge in [-0.25, -0.2) is 0 Å². The van der Waals surface area contributed by atoms with Crippen LogP contribution in [0.2, 0.25) is 0 Å². The number of nitrogens with one attached hydrogen (secondary N) is 2. The van der Waals surface area contributed by atoms with Gasteiger partial charge in [-0.2, -0.15) is 5.10 Å². The number of carbonyl (C=O) groups excluding carboxylic acids is 1. The second-order valence-electron chi connectivity index (χ2n) is 7.86. The second-order valence-corrected chi connectivity index (χ2v) is 7.86. The van der Waals surface area contributed by atoms with E-state index >= 15 is 0 Å². The maximum atomic E-state index is 12.5. The zero-order chi connectivity index (χ0) is 20.3. The summed E-state index contributed by atoms with van der Waals surface area (Å²) in [6, 6.07) is 3.49. The van der Waals surface area contributed by atoms with Gasteiger partial charge in [0.2, 0.25) is 0 Å². The number of pyridine rings is 1. The van der Waals surface area contributed by atoms with Crippen LogP contribution in [0.4, 0.5) is 0 Å². The summed E-state index contributed by atoms with van der Waals surface area (Å²) >= 11 is 0. The molecule has 2 aromatic rings. The van der Waals surface area contributed by atoms with Gasteiger partial charge in [0.25, 0.3) is 11.5 Å². The number of aryl methyl sites for hydroxylation is 2. The molecule has 1 aliphatic rings. The Balaban J connectivity index is 1.64. The monoisotopic (exact) mass is 385 g/mol. The normalized spacial score (nSPS) is 13.9. The highest BCUT2D eigenvalue weighted by molar-refractivity contribution is 5.93. The van der Waals surface area contributed by atoms with Crippen molar-refractivity contribution in [3.8, 4) is 0 Å². The van der Waals surface area contributed by atoms with Gasteiger partial charge in [0.05, 0.1) is 5.69 Å². The van der Waals surface area contributed by atoms with Crippen LogP contribution in [0.25, 0.3) is 0 Å². The van der Waals surface area contributed by atoms with Crippen LogP contribution in [0, 0.1) is 19.8 Å². The molecule has 0 saturated heterocycles. The fourth-order valence-corrected chi connectivity index (χ4v) is 3.58. The molecule has 1 amide bonds. The van der Waals surface area contributed by atoms with E-state index in [1.165, 1.54) is 12.8 Å². The van der Waals surface area contributed by atoms with Crippen LogP contribution in [-0.2, 0) is 20.1 Å². The zero-order valence-corrected chi connectivity index (χ0v) is 17.3. The maximum absolute atomic E-state index is 12.5. The summed E-state index contributed by atoms with van der Waals surface area (Å²) in [7, 11) is 1.88. The Morgan fingerprint density at radius 2 is 2.11 bits per heavy atom. The van der Waals surface area contributed by atoms with E-state index < -0.39 is 0 Å². The third kappa shape index (κ3) is 4.90. The highest BCUT2D eigenvalue weighted by atomic mass is 16.2. The Kier molecular flexibility index (Phi) is 6.34. The minimum atomic E-state index is -0.362. The van der Waals surface area contributed by atoms with Gasteiger partial charge in [-0.1, -0.05) is 6.92 Å². The lowest BCUT2D eigenvalue weighted by Crippen LogP contribution is -2.31. The summed E-state index contributed by atoms with van der Waals surface area (Å²) in [6.07, 6.45) is 3.71. The fraction of sp³-hybridized carbons (Fsp3) is 0.571. The predicted molar refractivity (Wildman–Crippen MR) is 109 cm³/mol. The Hall–Kier alpha value is -2.41. The third-order valence-electron chi connectivity index (χ3n) is 5.45. The van der Waals surface area contributed by atoms with Crippen molar-refractivity contribution in [3.63, 3.8) is 0 Å². The summed E-state index contributed by atoms with van der Waals surface area (Å²) in [5.74, 6) is 0.446. The number of rotatable bonds is 9. The molecule has 0 aromatic carbocycles. The van der Waals surface area contributed by atoms with Crippen LogP contribution in [0.1, 0.15) is 59.2 Å². The Labute approximate surface area is 166 Å². The molecule has 3 rings (SSSR count). The number of amides is 1. The number of nitrogens with zero attached hydrogens (tertiary/aromatic N) is 3. The standard InChI is InChI=1S/C21H31N5O2/c1-5-10-26(12-16-6-7-16)13-17-8-9-18(21(28)23-17)20(27)22-11-19-14(2)24-25(4)15(19)3/h8-9,16H,5-7,10-13H2,1-4H3,(H,22,27)(H,23,28). The highest BCUT2D eigenvalue weighted by Crippen LogP contribution is 2.30. The van der Waals surface area contributed by atoms with Crippen LogP contribution in [0.3, 0.4) is 0 Å². The second kappa shape index (κ2) is 8.73. The smallest absolute Gasteiger partial charge is 0.261 e. The van der Waals surface area contributed by atoms with Gasteiger partial charge in [-0.05, 0) is 57.7 Å². The topological polar surface area (TPSA) is 83.0 Å². The van der Waals surface area contributed by atoms with Crippen molar-refractivity contribution in [3.05, 3.63) is 50.7 Å². The van der Waals surface area contributed by atoms with Crippen molar-refractivity contribution in [2.45, 2.75) is 53.1 Å². The van der Waals surface area contributed by atoms with E-state index in [0.29, 0.717) is 6.54 Å². The molecule has 28 heavy (non-hydrogen) atoms. The molecule has 2 heterocycles. The summed E-state index contributed by atoms with van der Waals surface area (Å²) in [6.45, 7) is 9.23. The van der Waals surface area contributed by atoms with Crippen molar-refractivity contribution < 1.29 is 4.79 Å². The average molecular weight is 386 g/mol. The van der Waals surface area contributed by atoms with Crippen LogP contribution < -0.4 is 10.9 Å². The summed E-state index contributed by atoms with van der Waals surface area (Å²) in [4.78, 5) is 30.2. The number of H-pyrrole nitrogens is 1. The summed E-state index contributed by atoms with van der Waals surface area (Å²) < 4.78 is 1.79. The lowest BCUT2D eigenvalue weighted by molar-refractivity contribution is 0.0949. The van der Waals surface area contributed by atoms with Gasteiger partial charge < -0.3 is 10.3 Å². The molecule has 2 aromatic heterocycles. The van der Waals surface area contributed by atoms with E-state index in [1.807, 2.05) is 27.0 Å². The molecule has 0 atom stereocenters. The Bertz CT molecular complexity index is 895. The molecule has 0 unspecified atom stereocenters. The molecule has 152 valence electrons. The van der Waals surface area contributed by atoms with Gasteiger partial charge in [0.1, 0.15) is 5.56 Å². The van der Waals surface area contributed by atoms with Gasteiger partial charge in [-0.3, -0.25) is 19.2 Å². The number of carbonyl (C=O) groups is 1. The lowest BCUT2D eigenvalue weighted by atomic mass is 10.2. The molecule has 1 saturated carbocycles. The molecular weight excluding hydrogens is 354 g/mol. The lowest BCUT2D eigenvalue weighted by Gasteiger charge is -2.21. The largest absolute Gasteiger partial charge is 0.348 e. The van der Waals surface area contributed by atoms with Gasteiger partial charge >= 0.3 is 0 Å². The van der Waals surface area contributed by atoms with E-state index in [-0.39, 0.29) is 17.0 Å². The van der Waals surface area contributed by atoms with E-state index in [2.05, 4.69) is 27.2 Å². The molecule has 1 fully saturated rings. The number of hydrogen-bond donors (Lipinski definition) is 2. The van der Waals surface area contributed by atoms with Gasteiger partial charge in [0.15, 0.2) is 0 Å². The highest BCUT2D eigenvalue weighted by Gasteiger charge is 2.24. The number of hydrogen-bond acceptors (Lipinski definition) is 4. The van der Waals surface area contributed by atoms with Crippen molar-refractivity contribution >= 4 is 5.91 Å². The molecule has 7 heteroatoms. The molecule has 0 aliphatic heterocycles. The first-order valence-corrected chi connectivity index (χ1v) is 10.1. The van der Waals surface area contributed by atoms with E-state index in [0.717, 1.165) is 54.6 Å². The molecule has 1 aliphatic carbocycles. The molecule has 0 bridgehead atoms. The summed E-state index contributed by atoms with van der Waals surface area (Å²) in [5.41, 5.74) is 3.54. The SMILES string of the molecule is CCCN(Cc1ccc(C(=O)NCc2c(C)nn(C)c2C)c(=O)[nH]1)CC1CC1. The average Bonchev–Trinajstić information content (AvgIpc) is 3.41. The number of aromatic nitrogens is 3. The number of aromatic amines is 1. The van der Waals surface area contributed by atoms with E-state index in [4.69, 9.17) is 0 Å². The van der Waals surface area contributed by atoms with Crippen molar-refractivity contribution in [2.75, 3.05) is 13.1 Å². The Morgan fingerprint density at radius 1 is 1.36 bits per heavy atom. The summed E-state index contributed by atoms with van der Waals surface area (Å²) in [5, 5.41) is 7.19. The van der Waals surface area contributed by atoms with Crippen LogP contribution in [0.15, 0.2) is 16.9 Å². The predicted octanol–water partition coefficient (Wildman–Crippen LogP) is 2.28. The van der Waals surface area contributed by atoms with Crippen LogP contribution in [0.5, 0.6) is 0 Å². The molecular formula is C21H31N5O2. The van der Waals surface area contributed by atoms with E-state index in [9.17, 15) is 9.59 Å². The van der Waals surface area contributed by atoms with Gasteiger partial charge in [-0.15, -0.1) is 0 Å². The van der Waals surface area contributed by atoms with E-state index in [1.54, 1.807) is 10.7 Å². The molecule has 0 radical (unpaired) electrons. The first-order valence-electron chi connectivity index (χ1n) is 10.1. The fourth-order valence-electron chi connectivity index (χ4n) is 3.58. The minimum absolute atomic E-state index is 0.146. The van der Waals surface area contributed by atoms with Crippen LogP contribution >= 0.6 is 0 Å². The molecule has 7 nitrogen and oxygen atoms in total. The van der Waals surface area contributed by atoms with Crippen molar-refractivity contribution in [1.29, 1.82) is 0 Å². The molecule has 2 N–H and O–H groups in total. The first kappa shape index (κ1) is 20.3. The quantitative estimate of drug-likeness (QED) is 0.694. The minimum Gasteiger partial charge on any atom is -0.348 e. The zero-order valence-electron chi connectivity index (χ0n) is 17.3. The van der Waals surface area contributed by atoms with Crippen LogP contribution in [-0.4, -0.2) is 38.7 Å².